The van der Waals surface area contributed by atoms with Gasteiger partial charge in [0.1, 0.15) is 11.6 Å². The largest absolute Gasteiger partial charge is 0.496 e. The van der Waals surface area contributed by atoms with Crippen LogP contribution in [0.2, 0.25) is 0 Å². The van der Waals surface area contributed by atoms with Crippen molar-refractivity contribution in [1.82, 2.24) is 9.97 Å². The maximum atomic E-state index is 13.7. The maximum absolute atomic E-state index is 13.7. The average molecular weight is 360 g/mol. The number of ether oxygens (including phenoxy) is 1. The highest BCUT2D eigenvalue weighted by molar-refractivity contribution is 5.55. The van der Waals surface area contributed by atoms with Crippen molar-refractivity contribution in [2.45, 2.75) is 6.54 Å². The minimum atomic E-state index is -1.56. The van der Waals surface area contributed by atoms with E-state index in [4.69, 9.17) is 4.74 Å². The number of aromatic nitrogens is 2. The number of hydrogen-bond acceptors (Lipinski definition) is 5. The number of hydrogen-bond donors (Lipinski definition) is 2. The summed E-state index contributed by atoms with van der Waals surface area (Å²) in [6, 6.07) is 11.0. The first kappa shape index (κ1) is 17.5. The molecule has 0 spiro atoms. The van der Waals surface area contributed by atoms with Crippen molar-refractivity contribution < 1.29 is 17.9 Å². The summed E-state index contributed by atoms with van der Waals surface area (Å²) in [6.45, 7) is 0.444. The van der Waals surface area contributed by atoms with Crippen LogP contribution >= 0.6 is 0 Å². The lowest BCUT2D eigenvalue weighted by atomic mass is 10.2. The fourth-order valence-corrected chi connectivity index (χ4v) is 2.30. The number of benzene rings is 2. The second kappa shape index (κ2) is 7.73. The standard InChI is InChI=1S/C18H15F3N4O/c1-26-14-5-3-2-4-11(14)10-23-15-8-9-22-18(25-15)24-13-7-6-12(19)16(20)17(13)21/h2-9H,10H2,1H3,(H2,22,23,24,25). The number of anilines is 3. The zero-order valence-electron chi connectivity index (χ0n) is 13.8. The minimum Gasteiger partial charge on any atom is -0.496 e. The summed E-state index contributed by atoms with van der Waals surface area (Å²) in [4.78, 5) is 8.12. The van der Waals surface area contributed by atoms with Crippen molar-refractivity contribution >= 4 is 17.5 Å². The Morgan fingerprint density at radius 1 is 1.00 bits per heavy atom. The van der Waals surface area contributed by atoms with Gasteiger partial charge in [-0.2, -0.15) is 4.98 Å². The summed E-state index contributed by atoms with van der Waals surface area (Å²) in [7, 11) is 1.59. The van der Waals surface area contributed by atoms with E-state index in [0.717, 1.165) is 23.4 Å². The molecule has 1 heterocycles. The molecule has 8 heteroatoms. The highest BCUT2D eigenvalue weighted by Crippen LogP contribution is 2.23. The van der Waals surface area contributed by atoms with Gasteiger partial charge in [0.25, 0.3) is 0 Å². The van der Waals surface area contributed by atoms with E-state index in [1.807, 2.05) is 24.3 Å². The van der Waals surface area contributed by atoms with Gasteiger partial charge in [-0.25, -0.2) is 18.2 Å². The highest BCUT2D eigenvalue weighted by Gasteiger charge is 2.14. The summed E-state index contributed by atoms with van der Waals surface area (Å²) in [5.41, 5.74) is 0.667. The molecule has 134 valence electrons. The minimum absolute atomic E-state index is 0.0416. The van der Waals surface area contributed by atoms with Crippen LogP contribution in [0.5, 0.6) is 5.75 Å². The average Bonchev–Trinajstić information content (AvgIpc) is 2.67. The molecule has 5 nitrogen and oxygen atoms in total. The molecule has 1 aromatic heterocycles. The fourth-order valence-electron chi connectivity index (χ4n) is 2.30. The van der Waals surface area contributed by atoms with Crippen molar-refractivity contribution in [1.29, 1.82) is 0 Å². The second-order valence-electron chi connectivity index (χ2n) is 5.28. The quantitative estimate of drug-likeness (QED) is 0.644. The maximum Gasteiger partial charge on any atom is 0.229 e. The van der Waals surface area contributed by atoms with E-state index in [0.29, 0.717) is 12.4 Å². The second-order valence-corrected chi connectivity index (χ2v) is 5.28. The molecule has 0 radical (unpaired) electrons. The predicted molar refractivity (Wildman–Crippen MR) is 92.0 cm³/mol. The molecule has 3 rings (SSSR count). The Morgan fingerprint density at radius 2 is 1.81 bits per heavy atom. The topological polar surface area (TPSA) is 59.1 Å². The number of nitrogens with one attached hydrogen (secondary N) is 2. The van der Waals surface area contributed by atoms with E-state index in [2.05, 4.69) is 20.6 Å². The SMILES string of the molecule is COc1ccccc1CNc1ccnc(Nc2ccc(F)c(F)c2F)n1. The first-order chi connectivity index (χ1) is 12.6. The Morgan fingerprint density at radius 3 is 2.62 bits per heavy atom. The van der Waals surface area contributed by atoms with E-state index in [-0.39, 0.29) is 11.6 Å². The number of halogens is 3. The van der Waals surface area contributed by atoms with Crippen LogP contribution in [0.15, 0.2) is 48.7 Å². The molecule has 0 aliphatic carbocycles. The van der Waals surface area contributed by atoms with Gasteiger partial charge in [0.2, 0.25) is 5.95 Å². The van der Waals surface area contributed by atoms with Crippen molar-refractivity contribution in [3.05, 3.63) is 71.7 Å². The van der Waals surface area contributed by atoms with E-state index in [1.165, 1.54) is 6.20 Å². The van der Waals surface area contributed by atoms with Gasteiger partial charge in [-0.15, -0.1) is 0 Å². The molecule has 0 aliphatic heterocycles. The predicted octanol–water partition coefficient (Wildman–Crippen LogP) is 4.26. The zero-order valence-corrected chi connectivity index (χ0v) is 13.8. The van der Waals surface area contributed by atoms with Crippen LogP contribution in [0, 0.1) is 17.5 Å². The van der Waals surface area contributed by atoms with Crippen molar-refractivity contribution in [3.63, 3.8) is 0 Å². The molecule has 3 aromatic rings. The van der Waals surface area contributed by atoms with Crippen LogP contribution < -0.4 is 15.4 Å². The van der Waals surface area contributed by atoms with E-state index in [1.54, 1.807) is 13.2 Å². The van der Waals surface area contributed by atoms with Crippen molar-refractivity contribution in [2.75, 3.05) is 17.7 Å². The molecule has 0 amide bonds. The highest BCUT2D eigenvalue weighted by atomic mass is 19.2. The normalized spacial score (nSPS) is 10.5. The summed E-state index contributed by atoms with van der Waals surface area (Å²) < 4.78 is 45.3. The van der Waals surface area contributed by atoms with Gasteiger partial charge in [-0.3, -0.25) is 0 Å². The Labute approximate surface area is 147 Å². The van der Waals surface area contributed by atoms with E-state index >= 15 is 0 Å². The molecule has 0 unspecified atom stereocenters. The Kier molecular flexibility index (Phi) is 5.21. The summed E-state index contributed by atoms with van der Waals surface area (Å²) >= 11 is 0. The van der Waals surface area contributed by atoms with Crippen LogP contribution in [-0.2, 0) is 6.54 Å². The van der Waals surface area contributed by atoms with Crippen LogP contribution in [0.25, 0.3) is 0 Å². The summed E-state index contributed by atoms with van der Waals surface area (Å²) in [5.74, 6) is -2.91. The fraction of sp³-hybridized carbons (Fsp3) is 0.111. The third kappa shape index (κ3) is 3.85. The first-order valence-electron chi connectivity index (χ1n) is 7.68. The molecule has 0 saturated heterocycles. The molecular weight excluding hydrogens is 345 g/mol. The van der Waals surface area contributed by atoms with E-state index < -0.39 is 17.5 Å². The molecule has 0 bridgehead atoms. The summed E-state index contributed by atoms with van der Waals surface area (Å²) in [5, 5.41) is 5.63. The molecule has 0 atom stereocenters. The molecule has 2 N–H and O–H groups in total. The lowest BCUT2D eigenvalue weighted by molar-refractivity contribution is 0.410. The summed E-state index contributed by atoms with van der Waals surface area (Å²) in [6.07, 6.45) is 1.46. The third-order valence-corrected chi connectivity index (χ3v) is 3.59. The van der Waals surface area contributed by atoms with Gasteiger partial charge in [-0.1, -0.05) is 18.2 Å². The molecular formula is C18H15F3N4O. The Hall–Kier alpha value is -3.29. The van der Waals surface area contributed by atoms with Gasteiger partial charge in [-0.05, 0) is 24.3 Å². The lowest BCUT2D eigenvalue weighted by Gasteiger charge is -2.11. The van der Waals surface area contributed by atoms with E-state index in [9.17, 15) is 13.2 Å². The zero-order chi connectivity index (χ0) is 18.5. The van der Waals surface area contributed by atoms with Crippen molar-refractivity contribution in [2.24, 2.45) is 0 Å². The lowest BCUT2D eigenvalue weighted by Crippen LogP contribution is -2.06. The number of rotatable bonds is 6. The van der Waals surface area contributed by atoms with Crippen LogP contribution in [-0.4, -0.2) is 17.1 Å². The smallest absolute Gasteiger partial charge is 0.229 e. The third-order valence-electron chi connectivity index (χ3n) is 3.59. The first-order valence-corrected chi connectivity index (χ1v) is 7.68. The van der Waals surface area contributed by atoms with Crippen LogP contribution in [0.3, 0.4) is 0 Å². The number of para-hydroxylation sites is 1. The van der Waals surface area contributed by atoms with Gasteiger partial charge in [0.05, 0.1) is 12.8 Å². The molecule has 26 heavy (non-hydrogen) atoms. The van der Waals surface area contributed by atoms with Crippen LogP contribution in [0.4, 0.5) is 30.6 Å². The number of methoxy groups -OCH3 is 1. The molecule has 0 fully saturated rings. The molecule has 0 aliphatic rings. The van der Waals surface area contributed by atoms with Crippen LogP contribution in [0.1, 0.15) is 5.56 Å². The Bertz CT molecular complexity index is 921. The van der Waals surface area contributed by atoms with Gasteiger partial charge < -0.3 is 15.4 Å². The van der Waals surface area contributed by atoms with Gasteiger partial charge in [0, 0.05) is 18.3 Å². The molecule has 2 aromatic carbocycles. The monoisotopic (exact) mass is 360 g/mol. The molecule has 0 saturated carbocycles. The number of nitrogens with zero attached hydrogens (tertiary/aromatic N) is 2. The van der Waals surface area contributed by atoms with Gasteiger partial charge in [0.15, 0.2) is 17.5 Å². The van der Waals surface area contributed by atoms with Gasteiger partial charge >= 0.3 is 0 Å². The Balaban J connectivity index is 1.73. The van der Waals surface area contributed by atoms with Crippen molar-refractivity contribution in [3.8, 4) is 5.75 Å².